The molecule has 12 unspecified atom stereocenters. The maximum absolute atomic E-state index is 15.0. The minimum Gasteiger partial charge on any atom is -0.492 e. The molecule has 75 heavy (non-hydrogen) atoms. The Balaban J connectivity index is 1.51. The molecule has 4 aliphatic heterocycles. The van der Waals surface area contributed by atoms with Crippen molar-refractivity contribution in [3.63, 3.8) is 0 Å². The van der Waals surface area contributed by atoms with Gasteiger partial charge in [0.2, 0.25) is 53.2 Å². The van der Waals surface area contributed by atoms with E-state index in [9.17, 15) is 72.3 Å². The van der Waals surface area contributed by atoms with E-state index in [4.69, 9.17) is 10.5 Å². The lowest BCUT2D eigenvalue weighted by Crippen LogP contribution is -2.56. The summed E-state index contributed by atoms with van der Waals surface area (Å²) in [6.07, 6.45) is -3.95. The predicted octanol–water partition coefficient (Wildman–Crippen LogP) is -3.58. The third-order valence-corrected chi connectivity index (χ3v) is 16.6. The smallest absolute Gasteiger partial charge is 0.243 e. The fourth-order valence-corrected chi connectivity index (χ4v) is 11.8. The number of carbonyl (C=O) groups is 11. The summed E-state index contributed by atoms with van der Waals surface area (Å²) in [6, 6.07) is -1.60. The van der Waals surface area contributed by atoms with Crippen molar-refractivity contribution in [2.24, 2.45) is 29.4 Å². The average molecular weight is 1090 g/mol. The van der Waals surface area contributed by atoms with Gasteiger partial charge in [-0.2, -0.15) is 11.8 Å². The first-order valence-electron chi connectivity index (χ1n) is 24.6. The van der Waals surface area contributed by atoms with Crippen LogP contribution in [0.25, 0.3) is 10.9 Å². The Bertz CT molecular complexity index is 2610. The summed E-state index contributed by atoms with van der Waals surface area (Å²) < 4.78 is 20.9. The second kappa shape index (κ2) is 25.5. The molecular formula is C48H65N9O16S2. The largest absolute Gasteiger partial charge is 0.492 e. The monoisotopic (exact) mass is 1090 g/mol. The highest BCUT2D eigenvalue weighted by molar-refractivity contribution is 8.00. The number of nitrogens with zero attached hydrogens (tertiary/aromatic N) is 2. The van der Waals surface area contributed by atoms with Crippen molar-refractivity contribution in [2.45, 2.75) is 112 Å². The number of aliphatic hydroxyl groups excluding tert-OH is 3. The lowest BCUT2D eigenvalue weighted by atomic mass is 9.83. The molecular weight excluding hydrogens is 1020 g/mol. The number of ether oxygens (including phenoxy) is 1. The van der Waals surface area contributed by atoms with Crippen LogP contribution >= 0.6 is 11.8 Å². The molecule has 2 aromatic rings. The van der Waals surface area contributed by atoms with Gasteiger partial charge in [0.15, 0.2) is 11.6 Å². The number of rotatable bonds is 12. The maximum atomic E-state index is 15.0. The van der Waals surface area contributed by atoms with Crippen LogP contribution in [-0.2, 0) is 70.0 Å². The summed E-state index contributed by atoms with van der Waals surface area (Å²) >= 11 is 1.26. The standard InChI is InChI=1S/C48H65N9O16S2/c1-5-22(2)42-45(69)51-17-39(64)52-32-21-75(72)46-29(27-7-6-26(13-30(27)54-46)73-9-8-56-41(66)16-37(74-4)48(56)71)14-31(44(68)50-18-40(65)55-42)53-43(67)28(23(3)36(62)20-58)15-35(61)33-12-25(59)19-57(33)47(70)24(10-34(32)60)11-38(49)63/h6-7,13,22-25,28,31-33,36-37,42,54,58-59,62H,5,8-12,14-21H2,1-4H3,(H2,49,63)(H,50,68)(H,51,69)(H,52,64)(H,53,67)(H,55,65). The number of hydrogen-bond acceptors (Lipinski definition) is 17. The molecule has 4 aliphatic rings. The van der Waals surface area contributed by atoms with Crippen LogP contribution in [0.5, 0.6) is 5.75 Å². The molecule has 12 atom stereocenters. The number of nitrogens with one attached hydrogen (secondary N) is 6. The van der Waals surface area contributed by atoms with Gasteiger partial charge in [-0.3, -0.25) is 61.8 Å². The molecule has 0 saturated carbocycles. The van der Waals surface area contributed by atoms with Gasteiger partial charge in [-0.15, -0.1) is 0 Å². The first-order valence-corrected chi connectivity index (χ1v) is 27.2. The van der Waals surface area contributed by atoms with Gasteiger partial charge in [0.1, 0.15) is 29.5 Å². The van der Waals surface area contributed by atoms with Gasteiger partial charge in [-0.25, -0.2) is 0 Å². The highest BCUT2D eigenvalue weighted by Gasteiger charge is 2.45. The molecule has 11 N–H and O–H groups in total. The lowest BCUT2D eigenvalue weighted by molar-refractivity contribution is -0.145. The van der Waals surface area contributed by atoms with Gasteiger partial charge in [0.25, 0.3) is 0 Å². The first kappa shape index (κ1) is 58.0. The second-order valence-corrected chi connectivity index (χ2v) is 21.9. The van der Waals surface area contributed by atoms with Crippen LogP contribution in [-0.4, -0.2) is 192 Å². The van der Waals surface area contributed by atoms with E-state index in [0.717, 1.165) is 9.80 Å². The Morgan fingerprint density at radius 3 is 2.24 bits per heavy atom. The Hall–Kier alpha value is -6.29. The van der Waals surface area contributed by atoms with Gasteiger partial charge in [0.05, 0.1) is 83.8 Å². The number of primary amides is 1. The molecule has 1 aromatic carbocycles. The van der Waals surface area contributed by atoms with Crippen molar-refractivity contribution in [1.82, 2.24) is 41.4 Å². The van der Waals surface area contributed by atoms with E-state index in [2.05, 4.69) is 31.6 Å². The number of aromatic nitrogens is 1. The van der Waals surface area contributed by atoms with Gasteiger partial charge >= 0.3 is 0 Å². The topological polar surface area (TPSA) is 383 Å². The number of likely N-dealkylation sites (tertiary alicyclic amines) is 1. The fourth-order valence-electron chi connectivity index (χ4n) is 9.68. The molecule has 0 aliphatic carbocycles. The zero-order valence-corrected chi connectivity index (χ0v) is 43.6. The molecule has 6 rings (SSSR count). The van der Waals surface area contributed by atoms with E-state index in [1.165, 1.54) is 36.9 Å². The summed E-state index contributed by atoms with van der Waals surface area (Å²) in [5.74, 6) is -14.5. The summed E-state index contributed by atoms with van der Waals surface area (Å²) in [4.78, 5) is 156. The SMILES string of the molecule is CCC(C)C1NC(=O)CNC(=O)C2Cc3c([nH]c4cc(OCCN5C(=O)CC(SC)C5=O)ccc34)S(=O)CC(NC(=O)CNC1=O)C(=O)CC(CC(N)=O)C(=O)N1CC(O)CC1C(=O)CC(C(C)C(O)CO)C(=O)N2. The van der Waals surface area contributed by atoms with E-state index in [-0.39, 0.29) is 59.7 Å². The third-order valence-electron chi connectivity index (χ3n) is 14.2. The summed E-state index contributed by atoms with van der Waals surface area (Å²) in [5, 5.41) is 44.0. The van der Waals surface area contributed by atoms with Gasteiger partial charge < -0.3 is 62.3 Å². The average Bonchev–Trinajstić information content (AvgIpc) is 4.04. The predicted molar refractivity (Wildman–Crippen MR) is 267 cm³/mol. The Kier molecular flexibility index (Phi) is 19.7. The number of H-pyrrole nitrogens is 1. The number of Topliss-reactive ketones (excluding diaryl/α,β-unsaturated/α-hetero) is 2. The van der Waals surface area contributed by atoms with E-state index < -0.39 is 187 Å². The molecule has 9 amide bonds. The number of ketones is 2. The van der Waals surface area contributed by atoms with E-state index in [0.29, 0.717) is 11.8 Å². The minimum atomic E-state index is -2.39. The Labute approximate surface area is 437 Å². The molecule has 2 bridgehead atoms. The lowest BCUT2D eigenvalue weighted by Gasteiger charge is -2.31. The van der Waals surface area contributed by atoms with Gasteiger partial charge in [-0.1, -0.05) is 27.2 Å². The number of aliphatic hydroxyl groups is 3. The number of fused-ring (bicyclic) bond motifs is 5. The summed E-state index contributed by atoms with van der Waals surface area (Å²) in [7, 11) is -2.39. The van der Waals surface area contributed by atoms with Crippen molar-refractivity contribution in [2.75, 3.05) is 51.4 Å². The van der Waals surface area contributed by atoms with Crippen LogP contribution < -0.4 is 37.1 Å². The maximum Gasteiger partial charge on any atom is 0.243 e. The fraction of sp³-hybridized carbons (Fsp3) is 0.604. The first-order chi connectivity index (χ1) is 35.5. The molecule has 0 spiro atoms. The minimum absolute atomic E-state index is 0.0494. The number of aromatic amines is 1. The normalized spacial score (nSPS) is 28.4. The van der Waals surface area contributed by atoms with E-state index >= 15 is 0 Å². The number of thioether (sulfide) groups is 1. The van der Waals surface area contributed by atoms with Crippen LogP contribution in [0.2, 0.25) is 0 Å². The number of carbonyl (C=O) groups excluding carboxylic acids is 11. The highest BCUT2D eigenvalue weighted by atomic mass is 32.2. The van der Waals surface area contributed by atoms with Crippen molar-refractivity contribution in [1.29, 1.82) is 0 Å². The molecule has 410 valence electrons. The van der Waals surface area contributed by atoms with Gasteiger partial charge in [-0.05, 0) is 35.8 Å². The molecule has 2 fully saturated rings. The van der Waals surface area contributed by atoms with Crippen LogP contribution in [0.1, 0.15) is 64.9 Å². The Morgan fingerprint density at radius 1 is 0.893 bits per heavy atom. The van der Waals surface area contributed by atoms with Crippen molar-refractivity contribution < 1.29 is 77.0 Å². The third kappa shape index (κ3) is 14.0. The summed E-state index contributed by atoms with van der Waals surface area (Å²) in [5.41, 5.74) is 5.92. The van der Waals surface area contributed by atoms with E-state index in [1.807, 2.05) is 0 Å². The summed E-state index contributed by atoms with van der Waals surface area (Å²) in [6.45, 7) is 1.74. The van der Waals surface area contributed by atoms with Crippen LogP contribution in [0.4, 0.5) is 0 Å². The molecule has 25 nitrogen and oxygen atoms in total. The van der Waals surface area contributed by atoms with E-state index in [1.54, 1.807) is 20.1 Å². The quantitative estimate of drug-likeness (QED) is 0.0919. The molecule has 2 saturated heterocycles. The second-order valence-electron chi connectivity index (χ2n) is 19.4. The number of benzene rings is 1. The van der Waals surface area contributed by atoms with Crippen LogP contribution in [0, 0.1) is 23.7 Å². The van der Waals surface area contributed by atoms with Crippen molar-refractivity contribution >= 4 is 98.2 Å². The number of hydrogen-bond donors (Lipinski definition) is 10. The van der Waals surface area contributed by atoms with Gasteiger partial charge in [0, 0.05) is 62.4 Å². The molecule has 27 heteroatoms. The number of nitrogens with two attached hydrogens (primary N) is 1. The zero-order chi connectivity index (χ0) is 55.0. The molecule has 5 heterocycles. The Morgan fingerprint density at radius 2 is 1.59 bits per heavy atom. The zero-order valence-electron chi connectivity index (χ0n) is 41.9. The number of imide groups is 1. The number of amides is 9. The van der Waals surface area contributed by atoms with Crippen molar-refractivity contribution in [3.05, 3.63) is 23.8 Å². The van der Waals surface area contributed by atoms with Crippen LogP contribution in [0.15, 0.2) is 23.2 Å². The highest BCUT2D eigenvalue weighted by Crippen LogP contribution is 2.33. The molecule has 0 radical (unpaired) electrons. The molecule has 1 aromatic heterocycles. The van der Waals surface area contributed by atoms with Crippen LogP contribution in [0.3, 0.4) is 0 Å². The van der Waals surface area contributed by atoms with Crippen molar-refractivity contribution in [3.8, 4) is 5.75 Å².